The van der Waals surface area contributed by atoms with Gasteiger partial charge in [-0.25, -0.2) is 14.4 Å². The van der Waals surface area contributed by atoms with Gasteiger partial charge in [0.05, 0.1) is 36.4 Å². The molecule has 4 atom stereocenters. The van der Waals surface area contributed by atoms with E-state index in [1.165, 1.54) is 18.5 Å². The lowest BCUT2D eigenvalue weighted by Gasteiger charge is -2.26. The molecule has 2 heterocycles. The Morgan fingerprint density at radius 1 is 1.27 bits per heavy atom. The van der Waals surface area contributed by atoms with Gasteiger partial charge in [-0.05, 0) is 39.7 Å². The molecule has 10 heteroatoms. The van der Waals surface area contributed by atoms with Crippen molar-refractivity contribution in [2.75, 3.05) is 11.9 Å². The number of carbonyl (C=O) groups excluding carboxylic acids is 1. The zero-order chi connectivity index (χ0) is 24.5. The van der Waals surface area contributed by atoms with Crippen molar-refractivity contribution < 1.29 is 33.3 Å². The van der Waals surface area contributed by atoms with Crippen molar-refractivity contribution in [3.05, 3.63) is 47.5 Å². The number of hydrogen-bond acceptors (Lipinski definition) is 7. The summed E-state index contributed by atoms with van der Waals surface area (Å²) in [7, 11) is 0. The minimum Gasteiger partial charge on any atom is -0.488 e. The first-order chi connectivity index (χ1) is 15.5. The summed E-state index contributed by atoms with van der Waals surface area (Å²) in [5.74, 6) is -3.75. The molecule has 0 saturated carbocycles. The average Bonchev–Trinajstić information content (AvgIpc) is 3.00. The highest BCUT2D eigenvalue weighted by molar-refractivity contribution is 5.95. The average molecular weight is 465 g/mol. The molecule has 1 amide bonds. The van der Waals surface area contributed by atoms with E-state index in [0.717, 1.165) is 6.07 Å². The number of carbonyl (C=O) groups is 1. The minimum atomic E-state index is -1.23. The second-order valence-electron chi connectivity index (χ2n) is 8.92. The van der Waals surface area contributed by atoms with Crippen LogP contribution in [0.15, 0.2) is 24.5 Å². The van der Waals surface area contributed by atoms with E-state index in [9.17, 15) is 18.7 Å². The van der Waals surface area contributed by atoms with Crippen molar-refractivity contribution in [3.8, 4) is 5.75 Å². The number of nitrogens with zero attached hydrogens (tertiary/aromatic N) is 2. The molecule has 1 saturated heterocycles. The first-order valence-corrected chi connectivity index (χ1v) is 10.7. The third-order valence-corrected chi connectivity index (χ3v) is 5.85. The predicted molar refractivity (Wildman–Crippen MR) is 116 cm³/mol. The smallest absolute Gasteiger partial charge is 0.254 e. The summed E-state index contributed by atoms with van der Waals surface area (Å²) in [5.41, 5.74) is -0.144. The number of anilines is 1. The van der Waals surface area contributed by atoms with E-state index in [0.29, 0.717) is 5.56 Å². The number of amides is 1. The van der Waals surface area contributed by atoms with Crippen molar-refractivity contribution in [2.45, 2.75) is 64.4 Å². The fourth-order valence-corrected chi connectivity index (χ4v) is 3.89. The third kappa shape index (κ3) is 5.13. The Balaban J connectivity index is 1.95. The molecule has 1 fully saturated rings. The minimum absolute atomic E-state index is 0.0116. The second-order valence-corrected chi connectivity index (χ2v) is 8.92. The number of ether oxygens (including phenoxy) is 2. The molecule has 0 spiro atoms. The van der Waals surface area contributed by atoms with E-state index in [2.05, 4.69) is 15.3 Å². The van der Waals surface area contributed by atoms with Gasteiger partial charge in [0.2, 0.25) is 5.82 Å². The van der Waals surface area contributed by atoms with Crippen LogP contribution in [-0.2, 0) is 9.53 Å². The molecule has 0 radical (unpaired) electrons. The van der Waals surface area contributed by atoms with Crippen LogP contribution in [0.25, 0.3) is 0 Å². The van der Waals surface area contributed by atoms with Gasteiger partial charge in [-0.15, -0.1) is 0 Å². The number of benzene rings is 1. The standard InChI is InChI=1S/C23H29F2N3O5/c1-11(2)32-19-14(6-7-15(24)18(19)25)17-12(3)23(4,5)33-20(17)22(31)28-13-8-26-21(27-9-13)16(30)10-29/h6-9,11-12,16-17,20,29-30H,10H2,1-5H3,(H,28,31)/t12-,16-,17-,20+/m0/s1. The van der Waals surface area contributed by atoms with Crippen molar-refractivity contribution in [1.29, 1.82) is 0 Å². The van der Waals surface area contributed by atoms with Gasteiger partial charge in [0, 0.05) is 11.5 Å². The monoisotopic (exact) mass is 465 g/mol. The van der Waals surface area contributed by atoms with Crippen LogP contribution in [0.5, 0.6) is 5.75 Å². The van der Waals surface area contributed by atoms with Gasteiger partial charge in [0.1, 0.15) is 12.2 Å². The fraction of sp³-hybridized carbons (Fsp3) is 0.522. The first-order valence-electron chi connectivity index (χ1n) is 10.7. The van der Waals surface area contributed by atoms with Crippen LogP contribution in [-0.4, -0.2) is 50.5 Å². The number of rotatable bonds is 7. The molecule has 0 bridgehead atoms. The maximum Gasteiger partial charge on any atom is 0.254 e. The number of hydrogen-bond donors (Lipinski definition) is 3. The summed E-state index contributed by atoms with van der Waals surface area (Å²) in [6.45, 7) is 8.41. The molecule has 8 nitrogen and oxygen atoms in total. The maximum atomic E-state index is 14.7. The maximum absolute atomic E-state index is 14.7. The van der Waals surface area contributed by atoms with Crippen molar-refractivity contribution >= 4 is 11.6 Å². The van der Waals surface area contributed by atoms with Crippen molar-refractivity contribution in [1.82, 2.24) is 9.97 Å². The molecule has 1 aliphatic heterocycles. The van der Waals surface area contributed by atoms with E-state index < -0.39 is 54.0 Å². The Bertz CT molecular complexity index is 1000. The molecule has 1 aliphatic rings. The lowest BCUT2D eigenvalue weighted by molar-refractivity contribution is -0.131. The number of aliphatic hydroxyl groups excluding tert-OH is 2. The quantitative estimate of drug-likeness (QED) is 0.576. The molecule has 1 aromatic carbocycles. The van der Waals surface area contributed by atoms with Crippen LogP contribution in [0.4, 0.5) is 14.5 Å². The molecule has 0 aliphatic carbocycles. The number of nitrogens with one attached hydrogen (secondary N) is 1. The largest absolute Gasteiger partial charge is 0.488 e. The van der Waals surface area contributed by atoms with E-state index in [-0.39, 0.29) is 23.2 Å². The van der Waals surface area contributed by atoms with Gasteiger partial charge in [0.15, 0.2) is 17.4 Å². The Kier molecular flexibility index (Phi) is 7.30. The summed E-state index contributed by atoms with van der Waals surface area (Å²) < 4.78 is 40.4. The van der Waals surface area contributed by atoms with E-state index in [4.69, 9.17) is 14.6 Å². The highest BCUT2D eigenvalue weighted by Crippen LogP contribution is 2.49. The molecule has 3 rings (SSSR count). The van der Waals surface area contributed by atoms with E-state index in [1.54, 1.807) is 13.8 Å². The molecule has 2 aromatic rings. The Hall–Kier alpha value is -2.69. The van der Waals surface area contributed by atoms with Crippen LogP contribution in [0, 0.1) is 17.6 Å². The van der Waals surface area contributed by atoms with Crippen molar-refractivity contribution in [3.63, 3.8) is 0 Å². The highest BCUT2D eigenvalue weighted by Gasteiger charge is 2.51. The van der Waals surface area contributed by atoms with Crippen molar-refractivity contribution in [2.24, 2.45) is 5.92 Å². The second kappa shape index (κ2) is 9.66. The first kappa shape index (κ1) is 24.9. The van der Waals surface area contributed by atoms with Gasteiger partial charge < -0.3 is 25.0 Å². The number of aromatic nitrogens is 2. The summed E-state index contributed by atoms with van der Waals surface area (Å²) in [5, 5.41) is 21.3. The molecule has 1 aromatic heterocycles. The van der Waals surface area contributed by atoms with Gasteiger partial charge in [-0.3, -0.25) is 4.79 Å². The number of aliphatic hydroxyl groups is 2. The van der Waals surface area contributed by atoms with Crippen LogP contribution in [0.1, 0.15) is 58.0 Å². The molecule has 180 valence electrons. The van der Waals surface area contributed by atoms with Crippen LogP contribution in [0.2, 0.25) is 0 Å². The summed E-state index contributed by atoms with van der Waals surface area (Å²) in [4.78, 5) is 21.1. The zero-order valence-corrected chi connectivity index (χ0v) is 19.2. The summed E-state index contributed by atoms with van der Waals surface area (Å²) in [6.07, 6.45) is -0.0861. The van der Waals surface area contributed by atoms with Gasteiger partial charge >= 0.3 is 0 Å². The molecule has 33 heavy (non-hydrogen) atoms. The zero-order valence-electron chi connectivity index (χ0n) is 19.2. The topological polar surface area (TPSA) is 114 Å². The molecule has 3 N–H and O–H groups in total. The predicted octanol–water partition coefficient (Wildman–Crippen LogP) is 3.10. The Morgan fingerprint density at radius 3 is 2.48 bits per heavy atom. The van der Waals surface area contributed by atoms with Gasteiger partial charge in [-0.2, -0.15) is 4.39 Å². The van der Waals surface area contributed by atoms with E-state index in [1.807, 2.05) is 20.8 Å². The molecule has 0 unspecified atom stereocenters. The third-order valence-electron chi connectivity index (χ3n) is 5.85. The van der Waals surface area contributed by atoms with E-state index >= 15 is 0 Å². The van der Waals surface area contributed by atoms with Crippen LogP contribution < -0.4 is 10.1 Å². The number of halogens is 2. The summed E-state index contributed by atoms with van der Waals surface area (Å²) >= 11 is 0. The van der Waals surface area contributed by atoms with Gasteiger partial charge in [0.25, 0.3) is 5.91 Å². The normalized spacial score (nSPS) is 22.9. The lowest BCUT2D eigenvalue weighted by atomic mass is 9.78. The van der Waals surface area contributed by atoms with Crippen LogP contribution in [0.3, 0.4) is 0 Å². The molecular formula is C23H29F2N3O5. The Labute approximate surface area is 191 Å². The Morgan fingerprint density at radius 2 is 1.91 bits per heavy atom. The lowest BCUT2D eigenvalue weighted by Crippen LogP contribution is -2.33. The fourth-order valence-electron chi connectivity index (χ4n) is 3.89. The van der Waals surface area contributed by atoms with Gasteiger partial charge in [-0.1, -0.05) is 13.0 Å². The molecular weight excluding hydrogens is 436 g/mol. The SMILES string of the molecule is CC(C)Oc1c([C@H]2[C@H](C(=O)Nc3cnc([C@@H](O)CO)nc3)OC(C)(C)[C@H]2C)ccc(F)c1F. The summed E-state index contributed by atoms with van der Waals surface area (Å²) in [6, 6.07) is 2.44. The van der Waals surface area contributed by atoms with Crippen LogP contribution >= 0.6 is 0 Å². The highest BCUT2D eigenvalue weighted by atomic mass is 19.2.